The fourth-order valence-electron chi connectivity index (χ4n) is 4.52. The summed E-state index contributed by atoms with van der Waals surface area (Å²) >= 11 is 0. The smallest absolute Gasteiger partial charge is 0.233 e. The number of anilines is 1. The summed E-state index contributed by atoms with van der Waals surface area (Å²) in [5.41, 5.74) is 0.925. The van der Waals surface area contributed by atoms with E-state index in [0.717, 1.165) is 18.5 Å². The van der Waals surface area contributed by atoms with E-state index >= 15 is 0 Å². The lowest BCUT2D eigenvalue weighted by Crippen LogP contribution is -2.54. The van der Waals surface area contributed by atoms with E-state index in [9.17, 15) is 18.4 Å². The third kappa shape index (κ3) is 4.02. The molecule has 4 rings (SSSR count). The predicted molar refractivity (Wildman–Crippen MR) is 106 cm³/mol. The minimum Gasteiger partial charge on any atom is -0.342 e. The molecule has 0 N–H and O–H groups in total. The molecule has 152 valence electrons. The first-order valence-electron chi connectivity index (χ1n) is 10.1. The fourth-order valence-corrected chi connectivity index (χ4v) is 4.52. The fraction of sp³-hybridized carbons (Fsp3) is 0.391. The average molecular weight is 398 g/mol. The van der Waals surface area contributed by atoms with Crippen LogP contribution in [-0.4, -0.2) is 36.3 Å². The van der Waals surface area contributed by atoms with Crippen molar-refractivity contribution in [3.8, 4) is 0 Å². The summed E-state index contributed by atoms with van der Waals surface area (Å²) < 4.78 is 26.6. The second-order valence-corrected chi connectivity index (χ2v) is 8.00. The van der Waals surface area contributed by atoms with Crippen LogP contribution in [0.5, 0.6) is 0 Å². The average Bonchev–Trinajstić information content (AvgIpc) is 2.71. The maximum atomic E-state index is 13.4. The zero-order chi connectivity index (χ0) is 20.4. The Morgan fingerprint density at radius 3 is 2.34 bits per heavy atom. The van der Waals surface area contributed by atoms with Gasteiger partial charge < -0.3 is 9.80 Å². The number of piperidine rings is 2. The van der Waals surface area contributed by atoms with Crippen LogP contribution in [0.15, 0.2) is 48.5 Å². The third-order valence-corrected chi connectivity index (χ3v) is 6.19. The molecule has 2 aliphatic heterocycles. The lowest BCUT2D eigenvalue weighted by molar-refractivity contribution is -0.140. The van der Waals surface area contributed by atoms with Crippen molar-refractivity contribution in [1.29, 1.82) is 0 Å². The molecule has 2 aliphatic rings. The molecular weight excluding hydrogens is 374 g/mol. The van der Waals surface area contributed by atoms with Gasteiger partial charge in [-0.1, -0.05) is 12.1 Å². The highest BCUT2D eigenvalue weighted by Gasteiger charge is 2.46. The Kier molecular flexibility index (Phi) is 5.35. The van der Waals surface area contributed by atoms with Gasteiger partial charge in [-0.05, 0) is 67.6 Å². The maximum absolute atomic E-state index is 13.4. The molecular formula is C23H24F2N2O2. The number of likely N-dealkylation sites (tertiary alicyclic amines) is 1. The van der Waals surface area contributed by atoms with Gasteiger partial charge in [0.25, 0.3) is 0 Å². The molecule has 0 saturated carbocycles. The molecule has 2 saturated heterocycles. The van der Waals surface area contributed by atoms with Crippen molar-refractivity contribution in [3.05, 3.63) is 65.7 Å². The Bertz CT molecular complexity index is 905. The molecule has 0 bridgehead atoms. The molecule has 0 aliphatic carbocycles. The van der Waals surface area contributed by atoms with Crippen LogP contribution in [-0.2, 0) is 16.0 Å². The predicted octanol–water partition coefficient (Wildman–Crippen LogP) is 3.94. The first-order valence-corrected chi connectivity index (χ1v) is 10.1. The van der Waals surface area contributed by atoms with Crippen molar-refractivity contribution in [2.24, 2.45) is 5.41 Å². The number of carbonyl (C=O) groups is 2. The van der Waals surface area contributed by atoms with Crippen molar-refractivity contribution >= 4 is 17.5 Å². The van der Waals surface area contributed by atoms with E-state index in [0.29, 0.717) is 38.0 Å². The summed E-state index contributed by atoms with van der Waals surface area (Å²) in [6.45, 7) is 1.68. The lowest BCUT2D eigenvalue weighted by atomic mass is 9.71. The Hall–Kier alpha value is -2.76. The molecule has 29 heavy (non-hydrogen) atoms. The number of amides is 2. The summed E-state index contributed by atoms with van der Waals surface area (Å²) in [5.74, 6) is -0.628. The largest absolute Gasteiger partial charge is 0.342 e. The van der Waals surface area contributed by atoms with Crippen molar-refractivity contribution < 1.29 is 18.4 Å². The lowest BCUT2D eigenvalue weighted by Gasteiger charge is -2.46. The van der Waals surface area contributed by atoms with E-state index in [4.69, 9.17) is 0 Å². The molecule has 0 unspecified atom stereocenters. The summed E-state index contributed by atoms with van der Waals surface area (Å²) in [5, 5.41) is 0. The van der Waals surface area contributed by atoms with Gasteiger partial charge in [0.2, 0.25) is 11.8 Å². The Labute approximate surface area is 169 Å². The molecule has 2 aromatic rings. The highest BCUT2D eigenvalue weighted by molar-refractivity contribution is 5.98. The van der Waals surface area contributed by atoms with Gasteiger partial charge in [-0.25, -0.2) is 8.78 Å². The number of nitrogens with zero attached hydrogens (tertiary/aromatic N) is 2. The Morgan fingerprint density at radius 1 is 0.931 bits per heavy atom. The molecule has 2 fully saturated rings. The monoisotopic (exact) mass is 398 g/mol. The van der Waals surface area contributed by atoms with Crippen molar-refractivity contribution in [2.75, 3.05) is 24.5 Å². The van der Waals surface area contributed by atoms with E-state index < -0.39 is 5.41 Å². The van der Waals surface area contributed by atoms with Crippen LogP contribution in [0.3, 0.4) is 0 Å². The highest BCUT2D eigenvalue weighted by atomic mass is 19.1. The SMILES string of the molecule is O=C(Cc1cccc(F)c1)N1CCC2(CCCN(c3ccc(F)cc3)C2=O)CC1. The molecule has 2 heterocycles. The summed E-state index contributed by atoms with van der Waals surface area (Å²) in [7, 11) is 0. The highest BCUT2D eigenvalue weighted by Crippen LogP contribution is 2.42. The van der Waals surface area contributed by atoms with Gasteiger partial charge in [0.05, 0.1) is 11.8 Å². The van der Waals surface area contributed by atoms with Gasteiger partial charge in [-0.3, -0.25) is 9.59 Å². The van der Waals surface area contributed by atoms with Crippen LogP contribution in [0, 0.1) is 17.0 Å². The van der Waals surface area contributed by atoms with E-state index in [1.165, 1.54) is 24.3 Å². The summed E-state index contributed by atoms with van der Waals surface area (Å²) in [6, 6.07) is 12.1. The van der Waals surface area contributed by atoms with E-state index in [2.05, 4.69) is 0 Å². The number of carbonyl (C=O) groups excluding carboxylic acids is 2. The number of rotatable bonds is 3. The molecule has 4 nitrogen and oxygen atoms in total. The van der Waals surface area contributed by atoms with Crippen LogP contribution >= 0.6 is 0 Å². The van der Waals surface area contributed by atoms with Crippen molar-refractivity contribution in [1.82, 2.24) is 4.90 Å². The molecule has 0 atom stereocenters. The van der Waals surface area contributed by atoms with Gasteiger partial charge >= 0.3 is 0 Å². The minimum atomic E-state index is -0.456. The van der Waals surface area contributed by atoms with Crippen LogP contribution in [0.1, 0.15) is 31.2 Å². The van der Waals surface area contributed by atoms with E-state index in [-0.39, 0.29) is 29.9 Å². The maximum Gasteiger partial charge on any atom is 0.233 e. The summed E-state index contributed by atoms with van der Waals surface area (Å²) in [6.07, 6.45) is 3.12. The first-order chi connectivity index (χ1) is 14.0. The van der Waals surface area contributed by atoms with Crippen LogP contribution in [0.2, 0.25) is 0 Å². The second kappa shape index (κ2) is 7.93. The number of hydrogen-bond donors (Lipinski definition) is 0. The number of hydrogen-bond acceptors (Lipinski definition) is 2. The Balaban J connectivity index is 1.41. The first kappa shape index (κ1) is 19.6. The van der Waals surface area contributed by atoms with Gasteiger partial charge in [0.1, 0.15) is 11.6 Å². The number of benzene rings is 2. The van der Waals surface area contributed by atoms with Crippen molar-refractivity contribution in [2.45, 2.75) is 32.1 Å². The van der Waals surface area contributed by atoms with Crippen LogP contribution in [0.25, 0.3) is 0 Å². The van der Waals surface area contributed by atoms with Gasteiger partial charge in [0, 0.05) is 25.3 Å². The normalized spacial score (nSPS) is 18.9. The zero-order valence-corrected chi connectivity index (χ0v) is 16.2. The van der Waals surface area contributed by atoms with E-state index in [1.54, 1.807) is 34.1 Å². The zero-order valence-electron chi connectivity index (χ0n) is 16.2. The standard InChI is InChI=1S/C23H24F2N2O2/c24-18-5-7-20(8-6-18)27-12-2-9-23(22(27)29)10-13-26(14-11-23)21(28)16-17-3-1-4-19(25)15-17/h1,3-8,15H,2,9-14,16H2. The second-order valence-electron chi connectivity index (χ2n) is 8.00. The topological polar surface area (TPSA) is 40.6 Å². The quantitative estimate of drug-likeness (QED) is 0.786. The van der Waals surface area contributed by atoms with Gasteiger partial charge in [0.15, 0.2) is 0 Å². The molecule has 2 aromatic carbocycles. The Morgan fingerprint density at radius 2 is 1.66 bits per heavy atom. The molecule has 1 spiro atoms. The minimum absolute atomic E-state index is 0.0379. The van der Waals surface area contributed by atoms with Gasteiger partial charge in [-0.2, -0.15) is 0 Å². The van der Waals surface area contributed by atoms with Crippen molar-refractivity contribution in [3.63, 3.8) is 0 Å². The van der Waals surface area contributed by atoms with E-state index in [1.807, 2.05) is 0 Å². The van der Waals surface area contributed by atoms with Gasteiger partial charge in [-0.15, -0.1) is 0 Å². The van der Waals surface area contributed by atoms with Crippen LogP contribution in [0.4, 0.5) is 14.5 Å². The third-order valence-electron chi connectivity index (χ3n) is 6.19. The molecule has 0 radical (unpaired) electrons. The molecule has 0 aromatic heterocycles. The molecule has 6 heteroatoms. The van der Waals surface area contributed by atoms with Crippen LogP contribution < -0.4 is 4.90 Å². The molecule has 2 amide bonds. The number of halogens is 2. The summed E-state index contributed by atoms with van der Waals surface area (Å²) in [4.78, 5) is 29.4.